The van der Waals surface area contributed by atoms with Crippen LogP contribution in [0.15, 0.2) is 29.3 Å². The number of methoxy groups -OCH3 is 1. The van der Waals surface area contributed by atoms with E-state index in [1.54, 1.807) is 0 Å². The fourth-order valence-corrected chi connectivity index (χ4v) is 5.45. The zero-order valence-electron chi connectivity index (χ0n) is 22.3. The van der Waals surface area contributed by atoms with E-state index in [1.165, 1.54) is 22.9 Å². The molecule has 1 aromatic carbocycles. The van der Waals surface area contributed by atoms with Gasteiger partial charge in [-0.25, -0.2) is 9.55 Å². The third-order valence-electron chi connectivity index (χ3n) is 6.74. The van der Waals surface area contributed by atoms with Gasteiger partial charge in [0.15, 0.2) is 11.2 Å². The lowest BCUT2D eigenvalue weighted by Gasteiger charge is -2.27. The lowest BCUT2D eigenvalue weighted by Crippen LogP contribution is -2.39. The molecule has 0 bridgehead atoms. The number of rotatable bonds is 11. The number of benzene rings is 1. The highest BCUT2D eigenvalue weighted by atomic mass is 31.2. The standard InChI is InChI=1S/C24H33N6O9P/c1-4-14-7-6-8-15(5-2)21(14)30(13-37-3)18(32)10-28-23(33)20-22(27-24(28)25)29(12-26-20)19-9-16(17(11-31)38-19)39-40(34,35)36/h6-8,12,16-17,19,31H,4-5,9-11,13H2,1-3H3,(H2,25,27)(H2,34,35,36)/t16-,17+,19+/m0/s1. The summed E-state index contributed by atoms with van der Waals surface area (Å²) in [4.78, 5) is 55.2. The number of hydrogen-bond acceptors (Lipinski definition) is 10. The number of hydrogen-bond donors (Lipinski definition) is 4. The zero-order chi connectivity index (χ0) is 29.2. The smallest absolute Gasteiger partial charge is 0.394 e. The average molecular weight is 581 g/mol. The molecule has 1 aliphatic heterocycles. The Kier molecular flexibility index (Phi) is 9.05. The third-order valence-corrected chi connectivity index (χ3v) is 7.29. The van der Waals surface area contributed by atoms with E-state index in [9.17, 15) is 29.0 Å². The number of nitrogens with two attached hydrogens (primary N) is 1. The number of phosphoric acid groups is 1. The first-order valence-electron chi connectivity index (χ1n) is 12.7. The molecule has 1 fully saturated rings. The molecular formula is C24H33N6O9P. The monoisotopic (exact) mass is 580 g/mol. The topological polar surface area (TPSA) is 204 Å². The third kappa shape index (κ3) is 5.95. The van der Waals surface area contributed by atoms with Gasteiger partial charge in [-0.3, -0.25) is 28.1 Å². The van der Waals surface area contributed by atoms with Gasteiger partial charge in [0.1, 0.15) is 31.7 Å². The van der Waals surface area contributed by atoms with Gasteiger partial charge in [-0.15, -0.1) is 0 Å². The molecule has 0 saturated carbocycles. The number of aliphatic hydroxyl groups is 1. The largest absolute Gasteiger partial charge is 0.469 e. The van der Waals surface area contributed by atoms with E-state index in [1.807, 2.05) is 32.0 Å². The van der Waals surface area contributed by atoms with Crippen molar-refractivity contribution < 1.29 is 38.3 Å². The van der Waals surface area contributed by atoms with Crippen LogP contribution < -0.4 is 16.2 Å². The van der Waals surface area contributed by atoms with E-state index in [4.69, 9.17) is 19.7 Å². The lowest BCUT2D eigenvalue weighted by atomic mass is 10.0. The molecule has 4 rings (SSSR count). The maximum absolute atomic E-state index is 13.6. The van der Waals surface area contributed by atoms with E-state index >= 15 is 0 Å². The molecule has 2 aromatic heterocycles. The molecule has 3 heterocycles. The molecule has 218 valence electrons. The summed E-state index contributed by atoms with van der Waals surface area (Å²) in [5.41, 5.74) is 8.08. The predicted octanol–water partition coefficient (Wildman–Crippen LogP) is 0.695. The van der Waals surface area contributed by atoms with Crippen molar-refractivity contribution in [1.82, 2.24) is 19.1 Å². The molecule has 40 heavy (non-hydrogen) atoms. The minimum Gasteiger partial charge on any atom is -0.394 e. The molecular weight excluding hydrogens is 547 g/mol. The van der Waals surface area contributed by atoms with Gasteiger partial charge >= 0.3 is 7.82 Å². The van der Waals surface area contributed by atoms with Crippen LogP contribution in [-0.2, 0) is 42.7 Å². The van der Waals surface area contributed by atoms with Crippen LogP contribution in [0.2, 0.25) is 0 Å². The van der Waals surface area contributed by atoms with Crippen LogP contribution in [0.1, 0.15) is 37.6 Å². The Morgan fingerprint density at radius 2 is 1.95 bits per heavy atom. The van der Waals surface area contributed by atoms with Crippen molar-refractivity contribution in [2.75, 3.05) is 31.1 Å². The van der Waals surface area contributed by atoms with E-state index in [0.29, 0.717) is 12.8 Å². The summed E-state index contributed by atoms with van der Waals surface area (Å²) in [6, 6.07) is 5.81. The van der Waals surface area contributed by atoms with Crippen LogP contribution in [-0.4, -0.2) is 72.6 Å². The highest BCUT2D eigenvalue weighted by Gasteiger charge is 2.41. The fourth-order valence-electron chi connectivity index (χ4n) is 4.88. The van der Waals surface area contributed by atoms with Crippen LogP contribution in [0.4, 0.5) is 11.6 Å². The molecule has 1 aliphatic rings. The number of imidazole rings is 1. The van der Waals surface area contributed by atoms with Gasteiger partial charge in [-0.2, -0.15) is 4.98 Å². The number of nitrogens with zero attached hydrogens (tertiary/aromatic N) is 5. The minimum atomic E-state index is -4.85. The second-order valence-corrected chi connectivity index (χ2v) is 10.4. The molecule has 0 spiro atoms. The van der Waals surface area contributed by atoms with Gasteiger partial charge in [-0.1, -0.05) is 32.0 Å². The summed E-state index contributed by atoms with van der Waals surface area (Å²) in [7, 11) is -3.37. The average Bonchev–Trinajstić information content (AvgIpc) is 3.51. The van der Waals surface area contributed by atoms with Crippen LogP contribution in [0.3, 0.4) is 0 Å². The Morgan fingerprint density at radius 1 is 1.27 bits per heavy atom. The van der Waals surface area contributed by atoms with Gasteiger partial charge in [0, 0.05) is 13.5 Å². The summed E-state index contributed by atoms with van der Waals surface area (Å²) in [6.07, 6.45) is -0.475. The van der Waals surface area contributed by atoms with Crippen molar-refractivity contribution in [3.63, 3.8) is 0 Å². The van der Waals surface area contributed by atoms with E-state index in [-0.39, 0.29) is 30.3 Å². The van der Waals surface area contributed by atoms with Gasteiger partial charge < -0.3 is 30.1 Å². The molecule has 0 unspecified atom stereocenters. The second-order valence-electron chi connectivity index (χ2n) is 9.24. The Labute approximate surface area is 229 Å². The molecule has 5 N–H and O–H groups in total. The number of phosphoric ester groups is 1. The summed E-state index contributed by atoms with van der Waals surface area (Å²) in [6.45, 7) is 2.96. The summed E-state index contributed by atoms with van der Waals surface area (Å²) in [5.74, 6) is -0.682. The molecule has 0 radical (unpaired) electrons. The maximum atomic E-state index is 13.6. The van der Waals surface area contributed by atoms with Crippen LogP contribution in [0, 0.1) is 0 Å². The number of aryl methyl sites for hydroxylation is 2. The van der Waals surface area contributed by atoms with Gasteiger partial charge in [0.05, 0.1) is 18.6 Å². The van der Waals surface area contributed by atoms with E-state index in [0.717, 1.165) is 21.4 Å². The number of carbonyl (C=O) groups excluding carboxylic acids is 1. The van der Waals surface area contributed by atoms with Gasteiger partial charge in [0.25, 0.3) is 5.56 Å². The number of carbonyl (C=O) groups is 1. The number of fused-ring (bicyclic) bond motifs is 1. The summed E-state index contributed by atoms with van der Waals surface area (Å²) < 4.78 is 29.5. The van der Waals surface area contributed by atoms with Crippen molar-refractivity contribution in [1.29, 1.82) is 0 Å². The Morgan fingerprint density at radius 3 is 2.52 bits per heavy atom. The van der Waals surface area contributed by atoms with Crippen LogP contribution in [0.25, 0.3) is 11.2 Å². The first-order chi connectivity index (χ1) is 19.0. The second kappa shape index (κ2) is 12.1. The van der Waals surface area contributed by atoms with E-state index < -0.39 is 50.9 Å². The summed E-state index contributed by atoms with van der Waals surface area (Å²) >= 11 is 0. The van der Waals surface area contributed by atoms with E-state index in [2.05, 4.69) is 9.97 Å². The Bertz CT molecular complexity index is 1460. The van der Waals surface area contributed by atoms with Crippen molar-refractivity contribution in [3.05, 3.63) is 46.0 Å². The number of anilines is 2. The maximum Gasteiger partial charge on any atom is 0.469 e. The first-order valence-corrected chi connectivity index (χ1v) is 14.2. The molecule has 16 heteroatoms. The lowest BCUT2D eigenvalue weighted by molar-refractivity contribution is -0.120. The number of para-hydroxylation sites is 1. The van der Waals surface area contributed by atoms with Crippen LogP contribution >= 0.6 is 7.82 Å². The molecule has 1 amide bonds. The number of amides is 1. The Hall–Kier alpha value is -3.17. The SMILES string of the molecule is CCc1cccc(CC)c1N(COC)C(=O)Cn1c(N)nc2c(ncn2[C@H]2C[C@H](OP(=O)(O)O)[C@@H](CO)O2)c1=O. The first kappa shape index (κ1) is 29.8. The van der Waals surface area contributed by atoms with Gasteiger partial charge in [0.2, 0.25) is 11.9 Å². The van der Waals surface area contributed by atoms with Gasteiger partial charge in [-0.05, 0) is 24.0 Å². The molecule has 15 nitrogen and oxygen atoms in total. The fraction of sp³-hybridized carbons (Fsp3) is 0.500. The summed E-state index contributed by atoms with van der Waals surface area (Å²) in [5, 5.41) is 9.58. The normalized spacial score (nSPS) is 19.4. The van der Waals surface area contributed by atoms with Crippen molar-refractivity contribution in [2.45, 2.75) is 58.1 Å². The Balaban J connectivity index is 1.66. The van der Waals surface area contributed by atoms with Crippen molar-refractivity contribution in [3.8, 4) is 0 Å². The number of ether oxygens (including phenoxy) is 2. The number of aliphatic hydroxyl groups excluding tert-OH is 1. The van der Waals surface area contributed by atoms with Crippen molar-refractivity contribution in [2.24, 2.45) is 0 Å². The molecule has 0 aliphatic carbocycles. The minimum absolute atomic E-state index is 0.0370. The predicted molar refractivity (Wildman–Crippen MR) is 143 cm³/mol. The molecule has 1 saturated heterocycles. The quantitative estimate of drug-likeness (QED) is 0.183. The van der Waals surface area contributed by atoms with Crippen molar-refractivity contribution >= 4 is 36.5 Å². The van der Waals surface area contributed by atoms with Crippen LogP contribution in [0.5, 0.6) is 0 Å². The number of nitrogen functional groups attached to an aromatic ring is 1. The highest BCUT2D eigenvalue weighted by Crippen LogP contribution is 2.43. The zero-order valence-corrected chi connectivity index (χ0v) is 23.2. The molecule has 3 aromatic rings. The number of aromatic nitrogens is 4. The highest BCUT2D eigenvalue weighted by molar-refractivity contribution is 7.46. The molecule has 3 atom stereocenters.